The van der Waals surface area contributed by atoms with E-state index >= 15 is 0 Å². The van der Waals surface area contributed by atoms with Crippen molar-refractivity contribution in [2.75, 3.05) is 14.2 Å². The van der Waals surface area contributed by atoms with Gasteiger partial charge >= 0.3 is 0 Å². The van der Waals surface area contributed by atoms with Crippen LogP contribution in [-0.4, -0.2) is 39.9 Å². The summed E-state index contributed by atoms with van der Waals surface area (Å²) in [7, 11) is 3.17. The van der Waals surface area contributed by atoms with Crippen molar-refractivity contribution >= 4 is 27.5 Å². The lowest BCUT2D eigenvalue weighted by molar-refractivity contribution is 0.0936. The summed E-state index contributed by atoms with van der Waals surface area (Å²) in [5.41, 5.74) is 4.34. The molecule has 176 valence electrons. The van der Waals surface area contributed by atoms with Crippen LogP contribution < -0.4 is 10.1 Å². The van der Waals surface area contributed by atoms with Crippen LogP contribution in [0.1, 0.15) is 56.8 Å². The van der Waals surface area contributed by atoms with Crippen molar-refractivity contribution in [2.24, 2.45) is 0 Å². The van der Waals surface area contributed by atoms with Gasteiger partial charge in [-0.3, -0.25) is 9.48 Å². The van der Waals surface area contributed by atoms with E-state index in [1.807, 2.05) is 31.3 Å². The number of thiophene rings is 1. The smallest absolute Gasteiger partial charge is 0.262 e. The van der Waals surface area contributed by atoms with Gasteiger partial charge in [-0.25, -0.2) is 4.98 Å². The Morgan fingerprint density at radius 3 is 2.82 bits per heavy atom. The first kappa shape index (κ1) is 22.5. The molecule has 1 aliphatic carbocycles. The molecule has 0 spiro atoms. The number of carbonyl (C=O) groups is 1. The van der Waals surface area contributed by atoms with Crippen molar-refractivity contribution in [3.8, 4) is 5.88 Å². The van der Waals surface area contributed by atoms with Crippen molar-refractivity contribution in [1.29, 1.82) is 0 Å². The van der Waals surface area contributed by atoms with E-state index in [4.69, 9.17) is 9.47 Å². The Morgan fingerprint density at radius 1 is 1.24 bits per heavy atom. The van der Waals surface area contributed by atoms with E-state index in [9.17, 15) is 4.79 Å². The Balaban J connectivity index is 1.41. The van der Waals surface area contributed by atoms with Gasteiger partial charge in [0.15, 0.2) is 5.82 Å². The average molecular weight is 478 g/mol. The summed E-state index contributed by atoms with van der Waals surface area (Å²) in [5.74, 6) is 0.888. The fourth-order valence-electron chi connectivity index (χ4n) is 4.59. The van der Waals surface area contributed by atoms with Gasteiger partial charge < -0.3 is 14.8 Å². The van der Waals surface area contributed by atoms with Gasteiger partial charge in [0.25, 0.3) is 5.91 Å². The fourth-order valence-corrected chi connectivity index (χ4v) is 5.68. The lowest BCUT2D eigenvalue weighted by Gasteiger charge is -2.24. The number of nitrogens with one attached hydrogen (secondary N) is 1. The molecule has 0 fully saturated rings. The predicted octanol–water partition coefficient (Wildman–Crippen LogP) is 4.21. The Labute approximate surface area is 201 Å². The first-order valence-electron chi connectivity index (χ1n) is 11.3. The van der Waals surface area contributed by atoms with Crippen molar-refractivity contribution in [3.05, 3.63) is 69.6 Å². The third-order valence-electron chi connectivity index (χ3n) is 6.22. The summed E-state index contributed by atoms with van der Waals surface area (Å²) in [5, 5.41) is 8.67. The van der Waals surface area contributed by atoms with Crippen molar-refractivity contribution in [2.45, 2.75) is 45.4 Å². The SMILES string of the molecule is COCc1nc(OC)c2c(C)c(C(=O)NC3CCCc4c3cnn4Cc3ccccc3)sc2n1. The number of hydrogen-bond donors (Lipinski definition) is 1. The first-order valence-corrected chi connectivity index (χ1v) is 12.1. The van der Waals surface area contributed by atoms with Crippen LogP contribution in [0.15, 0.2) is 36.5 Å². The molecule has 8 nitrogen and oxygen atoms in total. The number of methoxy groups -OCH3 is 2. The highest BCUT2D eigenvalue weighted by atomic mass is 32.1. The number of hydrogen-bond acceptors (Lipinski definition) is 7. The van der Waals surface area contributed by atoms with E-state index in [1.165, 1.54) is 22.6 Å². The molecule has 1 atom stereocenters. The molecule has 1 amide bonds. The van der Waals surface area contributed by atoms with Crippen LogP contribution in [0.3, 0.4) is 0 Å². The highest BCUT2D eigenvalue weighted by Crippen LogP contribution is 2.36. The molecule has 4 aromatic rings. The van der Waals surface area contributed by atoms with Gasteiger partial charge in [0.1, 0.15) is 11.4 Å². The monoisotopic (exact) mass is 477 g/mol. The number of fused-ring (bicyclic) bond motifs is 2. The highest BCUT2D eigenvalue weighted by Gasteiger charge is 2.28. The zero-order valence-electron chi connectivity index (χ0n) is 19.5. The molecule has 1 aliphatic rings. The van der Waals surface area contributed by atoms with E-state index in [1.54, 1.807) is 14.2 Å². The van der Waals surface area contributed by atoms with Crippen LogP contribution in [0.25, 0.3) is 10.2 Å². The summed E-state index contributed by atoms with van der Waals surface area (Å²) >= 11 is 1.36. The topological polar surface area (TPSA) is 91.2 Å². The Morgan fingerprint density at radius 2 is 2.06 bits per heavy atom. The molecule has 3 aromatic heterocycles. The molecule has 34 heavy (non-hydrogen) atoms. The van der Waals surface area contributed by atoms with Gasteiger partial charge in [0, 0.05) is 18.4 Å². The summed E-state index contributed by atoms with van der Waals surface area (Å²) < 4.78 is 12.7. The average Bonchev–Trinajstić information content (AvgIpc) is 3.41. The number of rotatable bonds is 7. The molecule has 5 rings (SSSR count). The van der Waals surface area contributed by atoms with Crippen molar-refractivity contribution < 1.29 is 14.3 Å². The Kier molecular flexibility index (Phi) is 6.30. The van der Waals surface area contributed by atoms with Crippen LogP contribution in [0.4, 0.5) is 0 Å². The minimum absolute atomic E-state index is 0.0672. The Bertz CT molecular complexity index is 1330. The normalized spacial score (nSPS) is 15.3. The largest absolute Gasteiger partial charge is 0.480 e. The summed E-state index contributed by atoms with van der Waals surface area (Å²) in [4.78, 5) is 23.7. The Hall–Kier alpha value is -3.30. The lowest BCUT2D eigenvalue weighted by Crippen LogP contribution is -2.31. The maximum absolute atomic E-state index is 13.4. The van der Waals surface area contributed by atoms with Gasteiger partial charge in [0.05, 0.1) is 36.2 Å². The van der Waals surface area contributed by atoms with Crippen LogP contribution in [0, 0.1) is 6.92 Å². The van der Waals surface area contributed by atoms with E-state index in [0.717, 1.165) is 47.2 Å². The number of amides is 1. The summed E-state index contributed by atoms with van der Waals surface area (Å²) in [6.45, 7) is 2.93. The molecule has 1 N–H and O–H groups in total. The summed E-state index contributed by atoms with van der Waals surface area (Å²) in [6, 6.07) is 10.2. The molecule has 0 saturated heterocycles. The standard InChI is InChI=1S/C25H27N5O3S/c1-15-21-24(33-3)28-20(14-32-2)29-25(21)34-22(15)23(31)27-18-10-7-11-19-17(18)12-26-30(19)13-16-8-5-4-6-9-16/h4-6,8-9,12,18H,7,10-11,13-14H2,1-3H3,(H,27,31). The lowest BCUT2D eigenvalue weighted by atomic mass is 9.92. The molecular weight excluding hydrogens is 450 g/mol. The molecule has 9 heteroatoms. The van der Waals surface area contributed by atoms with E-state index in [2.05, 4.69) is 37.2 Å². The summed E-state index contributed by atoms with van der Waals surface area (Å²) in [6.07, 6.45) is 4.77. The minimum atomic E-state index is -0.107. The zero-order valence-corrected chi connectivity index (χ0v) is 20.3. The molecule has 0 saturated carbocycles. The van der Waals surface area contributed by atoms with Crippen LogP contribution >= 0.6 is 11.3 Å². The molecular formula is C25H27N5O3S. The third-order valence-corrected chi connectivity index (χ3v) is 7.40. The molecule has 3 heterocycles. The van der Waals surface area contributed by atoms with Crippen LogP contribution in [0.5, 0.6) is 5.88 Å². The van der Waals surface area contributed by atoms with Crippen LogP contribution in [0.2, 0.25) is 0 Å². The molecule has 0 radical (unpaired) electrons. The number of carbonyl (C=O) groups excluding carboxylic acids is 1. The maximum Gasteiger partial charge on any atom is 0.262 e. The van der Waals surface area contributed by atoms with Gasteiger partial charge in [-0.1, -0.05) is 30.3 Å². The quantitative estimate of drug-likeness (QED) is 0.429. The number of ether oxygens (including phenoxy) is 2. The second kappa shape index (κ2) is 9.52. The van der Waals surface area contributed by atoms with E-state index < -0.39 is 0 Å². The van der Waals surface area contributed by atoms with Gasteiger partial charge in [0.2, 0.25) is 5.88 Å². The molecule has 1 unspecified atom stereocenters. The number of aromatic nitrogens is 4. The van der Waals surface area contributed by atoms with Gasteiger partial charge in [-0.15, -0.1) is 11.3 Å². The fraction of sp³-hybridized carbons (Fsp3) is 0.360. The number of benzene rings is 1. The molecule has 0 aliphatic heterocycles. The maximum atomic E-state index is 13.4. The minimum Gasteiger partial charge on any atom is -0.480 e. The van der Waals surface area contributed by atoms with Gasteiger partial charge in [-0.05, 0) is 37.3 Å². The number of aryl methyl sites for hydroxylation is 1. The second-order valence-electron chi connectivity index (χ2n) is 8.43. The first-order chi connectivity index (χ1) is 16.6. The van der Waals surface area contributed by atoms with Crippen LogP contribution in [-0.2, 0) is 24.3 Å². The molecule has 0 bridgehead atoms. The van der Waals surface area contributed by atoms with Gasteiger partial charge in [-0.2, -0.15) is 10.1 Å². The second-order valence-corrected chi connectivity index (χ2v) is 9.43. The van der Waals surface area contributed by atoms with Crippen molar-refractivity contribution in [3.63, 3.8) is 0 Å². The van der Waals surface area contributed by atoms with E-state index in [-0.39, 0.29) is 18.6 Å². The van der Waals surface area contributed by atoms with E-state index in [0.29, 0.717) is 16.6 Å². The molecule has 1 aromatic carbocycles. The zero-order chi connectivity index (χ0) is 23.7. The number of nitrogens with zero attached hydrogens (tertiary/aromatic N) is 4. The highest BCUT2D eigenvalue weighted by molar-refractivity contribution is 7.20. The predicted molar refractivity (Wildman–Crippen MR) is 130 cm³/mol. The third kappa shape index (κ3) is 4.17. The van der Waals surface area contributed by atoms with Crippen molar-refractivity contribution in [1.82, 2.24) is 25.1 Å².